The zero-order valence-corrected chi connectivity index (χ0v) is 18.1. The molecular weight excluding hydrogens is 392 g/mol. The summed E-state index contributed by atoms with van der Waals surface area (Å²) in [5.41, 5.74) is 0. The monoisotopic (exact) mass is 426 g/mol. The summed E-state index contributed by atoms with van der Waals surface area (Å²) in [5, 5.41) is 0. The molecule has 0 radical (unpaired) electrons. The molecule has 0 aromatic carbocycles. The zero-order chi connectivity index (χ0) is 21.2. The second kappa shape index (κ2) is 9.10. The predicted molar refractivity (Wildman–Crippen MR) is 104 cm³/mol. The lowest BCUT2D eigenvalue weighted by Crippen LogP contribution is -2.36. The highest BCUT2D eigenvalue weighted by Crippen LogP contribution is 2.36. The summed E-state index contributed by atoms with van der Waals surface area (Å²) >= 11 is 0. The Morgan fingerprint density at radius 1 is 0.667 bits per heavy atom. The van der Waals surface area contributed by atoms with Crippen molar-refractivity contribution in [3.63, 3.8) is 0 Å². The molecule has 6 bridgehead atoms. The van der Waals surface area contributed by atoms with Crippen molar-refractivity contribution in [1.82, 2.24) is 0 Å². The van der Waals surface area contributed by atoms with Crippen molar-refractivity contribution in [3.05, 3.63) is 0 Å². The Morgan fingerprint density at radius 3 is 1.47 bits per heavy atom. The predicted octanol–water partition coefficient (Wildman–Crippen LogP) is 2.72. The van der Waals surface area contributed by atoms with Crippen molar-refractivity contribution >= 4 is 11.9 Å². The SMILES string of the molecule is CC12CCC(=O)OCC3CCC(CC3)COC(=O)CCC3(C)OCC(O3)C(CO1)O2. The highest BCUT2D eigenvalue weighted by molar-refractivity contribution is 5.69. The van der Waals surface area contributed by atoms with E-state index in [0.29, 0.717) is 51.1 Å². The molecule has 4 saturated heterocycles. The van der Waals surface area contributed by atoms with Crippen LogP contribution in [0.25, 0.3) is 0 Å². The molecule has 0 spiro atoms. The third-order valence-electron chi connectivity index (χ3n) is 6.81. The Balaban J connectivity index is 1.39. The maximum absolute atomic E-state index is 12.2. The summed E-state index contributed by atoms with van der Waals surface area (Å²) in [6.07, 6.45) is 4.79. The van der Waals surface area contributed by atoms with Crippen LogP contribution in [0.1, 0.15) is 65.2 Å². The molecule has 8 heteroatoms. The van der Waals surface area contributed by atoms with Crippen LogP contribution in [0.5, 0.6) is 0 Å². The number of hydrogen-bond acceptors (Lipinski definition) is 8. The molecule has 4 atom stereocenters. The van der Waals surface area contributed by atoms with Gasteiger partial charge in [-0.2, -0.15) is 0 Å². The summed E-state index contributed by atoms with van der Waals surface area (Å²) in [6.45, 7) is 5.36. The first-order valence-electron chi connectivity index (χ1n) is 11.3. The number of esters is 2. The minimum atomic E-state index is -0.839. The van der Waals surface area contributed by atoms with Gasteiger partial charge in [0, 0.05) is 12.8 Å². The molecule has 30 heavy (non-hydrogen) atoms. The number of rotatable bonds is 0. The van der Waals surface area contributed by atoms with Crippen LogP contribution < -0.4 is 0 Å². The summed E-state index contributed by atoms with van der Waals surface area (Å²) in [6, 6.07) is 0. The number of fused-ring (bicyclic) bond motifs is 10. The quantitative estimate of drug-likeness (QED) is 0.546. The third-order valence-corrected chi connectivity index (χ3v) is 6.81. The van der Waals surface area contributed by atoms with Gasteiger partial charge in [0.2, 0.25) is 0 Å². The van der Waals surface area contributed by atoms with E-state index in [1.54, 1.807) is 0 Å². The highest BCUT2D eigenvalue weighted by Gasteiger charge is 2.47. The van der Waals surface area contributed by atoms with Crippen molar-refractivity contribution in [3.8, 4) is 0 Å². The molecule has 8 nitrogen and oxygen atoms in total. The van der Waals surface area contributed by atoms with E-state index >= 15 is 0 Å². The molecule has 0 amide bonds. The van der Waals surface area contributed by atoms with Gasteiger partial charge in [-0.05, 0) is 51.4 Å². The first kappa shape index (κ1) is 22.0. The summed E-state index contributed by atoms with van der Waals surface area (Å²) in [5.74, 6) is -1.34. The number of carbonyl (C=O) groups is 2. The topological polar surface area (TPSA) is 89.5 Å². The molecule has 0 N–H and O–H groups in total. The first-order chi connectivity index (χ1) is 14.3. The average molecular weight is 427 g/mol. The molecule has 170 valence electrons. The smallest absolute Gasteiger partial charge is 0.305 e. The van der Waals surface area contributed by atoms with Gasteiger partial charge in [0.25, 0.3) is 0 Å². The van der Waals surface area contributed by atoms with Gasteiger partial charge in [0.05, 0.1) is 39.3 Å². The minimum Gasteiger partial charge on any atom is -0.465 e. The Hall–Kier alpha value is -1.22. The maximum atomic E-state index is 12.2. The van der Waals surface area contributed by atoms with E-state index in [1.807, 2.05) is 13.8 Å². The van der Waals surface area contributed by atoms with Crippen LogP contribution >= 0.6 is 0 Å². The van der Waals surface area contributed by atoms with Crippen LogP contribution in [0.4, 0.5) is 0 Å². The van der Waals surface area contributed by atoms with E-state index in [1.165, 1.54) is 0 Å². The van der Waals surface area contributed by atoms with Crippen LogP contribution in [0.3, 0.4) is 0 Å². The summed E-state index contributed by atoms with van der Waals surface area (Å²) in [4.78, 5) is 24.4. The molecular formula is C22H34O8. The Kier molecular flexibility index (Phi) is 6.67. The number of ether oxygens (including phenoxy) is 6. The van der Waals surface area contributed by atoms with Gasteiger partial charge in [-0.15, -0.1) is 0 Å². The van der Waals surface area contributed by atoms with Gasteiger partial charge in [-0.1, -0.05) is 0 Å². The van der Waals surface area contributed by atoms with E-state index in [-0.39, 0.29) is 37.0 Å². The van der Waals surface area contributed by atoms with Gasteiger partial charge < -0.3 is 28.4 Å². The summed E-state index contributed by atoms with van der Waals surface area (Å²) < 4.78 is 34.9. The van der Waals surface area contributed by atoms with E-state index in [9.17, 15) is 9.59 Å². The van der Waals surface area contributed by atoms with Crippen LogP contribution in [-0.4, -0.2) is 62.1 Å². The normalized spacial score (nSPS) is 43.8. The van der Waals surface area contributed by atoms with Gasteiger partial charge in [-0.25, -0.2) is 0 Å². The van der Waals surface area contributed by atoms with Gasteiger partial charge in [0.15, 0.2) is 11.6 Å². The molecule has 0 aromatic heterocycles. The lowest BCUT2D eigenvalue weighted by molar-refractivity contribution is -0.195. The molecule has 5 fully saturated rings. The highest BCUT2D eigenvalue weighted by atomic mass is 16.8. The standard InChI is InChI=1S/C22H34O8/c1-21-9-7-19(23)25-11-15-3-5-16(6-4-15)12-26-20(24)8-10-22(2)28-14-18(30-22)17(29-21)13-27-21/h15-18H,3-14H2,1-2H3. The Bertz CT molecular complexity index is 577. The number of carbonyl (C=O) groups excluding carboxylic acids is 2. The Morgan fingerprint density at radius 2 is 1.07 bits per heavy atom. The third kappa shape index (κ3) is 5.52. The lowest BCUT2D eigenvalue weighted by atomic mass is 9.83. The van der Waals surface area contributed by atoms with Crippen LogP contribution in [0, 0.1) is 11.8 Å². The van der Waals surface area contributed by atoms with E-state index in [2.05, 4.69) is 0 Å². The molecule has 1 aliphatic carbocycles. The summed E-state index contributed by atoms with van der Waals surface area (Å²) in [7, 11) is 0. The fourth-order valence-electron chi connectivity index (χ4n) is 4.71. The fourth-order valence-corrected chi connectivity index (χ4v) is 4.71. The van der Waals surface area contributed by atoms with Gasteiger partial charge >= 0.3 is 11.9 Å². The Labute approximate surface area is 177 Å². The first-order valence-corrected chi connectivity index (χ1v) is 11.3. The van der Waals surface area contributed by atoms with Crippen molar-refractivity contribution in [2.24, 2.45) is 11.8 Å². The van der Waals surface area contributed by atoms with E-state index < -0.39 is 11.6 Å². The van der Waals surface area contributed by atoms with Crippen LogP contribution in [0.2, 0.25) is 0 Å². The van der Waals surface area contributed by atoms with E-state index in [0.717, 1.165) is 25.7 Å². The van der Waals surface area contributed by atoms with Gasteiger partial charge in [-0.3, -0.25) is 9.59 Å². The molecule has 0 aromatic rings. The van der Waals surface area contributed by atoms with Crippen molar-refractivity contribution in [1.29, 1.82) is 0 Å². The minimum absolute atomic E-state index is 0.217. The fraction of sp³-hybridized carbons (Fsp3) is 0.909. The van der Waals surface area contributed by atoms with Gasteiger partial charge in [0.1, 0.15) is 12.2 Å². The largest absolute Gasteiger partial charge is 0.465 e. The lowest BCUT2D eigenvalue weighted by Gasteiger charge is -2.29. The van der Waals surface area contributed by atoms with Crippen molar-refractivity contribution in [2.75, 3.05) is 26.4 Å². The van der Waals surface area contributed by atoms with E-state index in [4.69, 9.17) is 28.4 Å². The zero-order valence-electron chi connectivity index (χ0n) is 18.1. The second-order valence-corrected chi connectivity index (χ2v) is 9.46. The molecule has 4 aliphatic heterocycles. The van der Waals surface area contributed by atoms with Crippen LogP contribution in [0.15, 0.2) is 0 Å². The number of hydrogen-bond donors (Lipinski definition) is 0. The maximum Gasteiger partial charge on any atom is 0.305 e. The van der Waals surface area contributed by atoms with Crippen LogP contribution in [-0.2, 0) is 38.0 Å². The van der Waals surface area contributed by atoms with Crippen molar-refractivity contribution < 1.29 is 38.0 Å². The second-order valence-electron chi connectivity index (χ2n) is 9.46. The molecule has 5 rings (SSSR count). The molecule has 5 aliphatic rings. The van der Waals surface area contributed by atoms with Crippen molar-refractivity contribution in [2.45, 2.75) is 89.0 Å². The molecule has 1 saturated carbocycles. The average Bonchev–Trinajstić information content (AvgIpc) is 3.32. The molecule has 4 unspecified atom stereocenters. The molecule has 4 heterocycles.